The Morgan fingerprint density at radius 3 is 2.96 bits per heavy atom. The van der Waals surface area contributed by atoms with Crippen LogP contribution >= 0.6 is 0 Å². The number of aromatic amines is 1. The summed E-state index contributed by atoms with van der Waals surface area (Å²) >= 11 is 0. The third-order valence-electron chi connectivity index (χ3n) is 3.73. The maximum absolute atomic E-state index is 5.96. The van der Waals surface area contributed by atoms with E-state index < -0.39 is 0 Å². The van der Waals surface area contributed by atoms with Crippen LogP contribution in [0.2, 0.25) is 0 Å². The molecule has 0 radical (unpaired) electrons. The number of hydrogen-bond donors (Lipinski definition) is 3. The number of rotatable bonds is 6. The average molecular weight is 338 g/mol. The number of guanidine groups is 1. The molecule has 0 unspecified atom stereocenters. The monoisotopic (exact) mass is 338 g/mol. The zero-order valence-electron chi connectivity index (χ0n) is 14.4. The summed E-state index contributed by atoms with van der Waals surface area (Å²) in [6.45, 7) is 4.82. The number of aliphatic imine (C=N–C) groups is 1. The lowest BCUT2D eigenvalue weighted by atomic mass is 10.0. The molecule has 0 saturated heterocycles. The second kappa shape index (κ2) is 7.65. The Hall–Kier alpha value is -3.09. The molecule has 1 aromatic carbocycles. The molecule has 0 bridgehead atoms. The van der Waals surface area contributed by atoms with Crippen molar-refractivity contribution in [2.24, 2.45) is 10.7 Å². The minimum absolute atomic E-state index is 0.381. The highest BCUT2D eigenvalue weighted by atomic mass is 16.3. The van der Waals surface area contributed by atoms with Crippen LogP contribution in [0.1, 0.15) is 31.2 Å². The van der Waals surface area contributed by atoms with E-state index in [1.165, 1.54) is 5.56 Å². The summed E-state index contributed by atoms with van der Waals surface area (Å²) in [6, 6.07) is 11.8. The first kappa shape index (κ1) is 16.8. The SMILES string of the molecule is CC(C)c1cccc(NC(N)=NCCc2nc(-c3ccco3)n[nH]2)c1. The Bertz CT molecular complexity index is 835. The molecule has 7 nitrogen and oxygen atoms in total. The van der Waals surface area contributed by atoms with Gasteiger partial charge < -0.3 is 15.5 Å². The molecule has 0 aliphatic carbocycles. The van der Waals surface area contributed by atoms with Crippen LogP contribution in [0.3, 0.4) is 0 Å². The van der Waals surface area contributed by atoms with Gasteiger partial charge in [-0.1, -0.05) is 26.0 Å². The minimum Gasteiger partial charge on any atom is -0.461 e. The van der Waals surface area contributed by atoms with Crippen molar-refractivity contribution in [3.05, 3.63) is 54.0 Å². The second-order valence-corrected chi connectivity index (χ2v) is 6.01. The van der Waals surface area contributed by atoms with Gasteiger partial charge in [-0.2, -0.15) is 5.10 Å². The maximum atomic E-state index is 5.96. The lowest BCUT2D eigenvalue weighted by Gasteiger charge is -2.09. The molecule has 2 heterocycles. The van der Waals surface area contributed by atoms with Gasteiger partial charge in [0.2, 0.25) is 5.82 Å². The van der Waals surface area contributed by atoms with Crippen LogP contribution in [0.4, 0.5) is 5.69 Å². The van der Waals surface area contributed by atoms with Crippen LogP contribution in [0.25, 0.3) is 11.6 Å². The zero-order valence-corrected chi connectivity index (χ0v) is 14.4. The number of nitrogens with two attached hydrogens (primary N) is 1. The van der Waals surface area contributed by atoms with Gasteiger partial charge in [0, 0.05) is 18.7 Å². The summed E-state index contributed by atoms with van der Waals surface area (Å²) < 4.78 is 5.27. The summed E-state index contributed by atoms with van der Waals surface area (Å²) in [4.78, 5) is 8.71. The van der Waals surface area contributed by atoms with E-state index in [-0.39, 0.29) is 0 Å². The predicted molar refractivity (Wildman–Crippen MR) is 98.4 cm³/mol. The first-order valence-corrected chi connectivity index (χ1v) is 8.24. The number of furan rings is 1. The Balaban J connectivity index is 1.54. The first-order valence-electron chi connectivity index (χ1n) is 8.24. The molecule has 25 heavy (non-hydrogen) atoms. The summed E-state index contributed by atoms with van der Waals surface area (Å²) in [7, 11) is 0. The zero-order chi connectivity index (χ0) is 17.6. The van der Waals surface area contributed by atoms with Crippen molar-refractivity contribution in [1.82, 2.24) is 15.2 Å². The molecule has 4 N–H and O–H groups in total. The van der Waals surface area contributed by atoms with Crippen LogP contribution in [0.15, 0.2) is 52.1 Å². The maximum Gasteiger partial charge on any atom is 0.216 e. The molecule has 0 aliphatic heterocycles. The fourth-order valence-corrected chi connectivity index (χ4v) is 2.37. The molecule has 0 spiro atoms. The standard InChI is InChI=1S/C18H22N6O/c1-12(2)13-5-3-6-14(11-13)21-18(19)20-9-8-16-22-17(24-23-16)15-7-4-10-25-15/h3-7,10-12H,8-9H2,1-2H3,(H3,19,20,21)(H,22,23,24). The molecule has 0 aliphatic rings. The largest absolute Gasteiger partial charge is 0.461 e. The van der Waals surface area contributed by atoms with Gasteiger partial charge >= 0.3 is 0 Å². The van der Waals surface area contributed by atoms with Gasteiger partial charge in [0.05, 0.1) is 6.26 Å². The average Bonchev–Trinajstić information content (AvgIpc) is 3.26. The fourth-order valence-electron chi connectivity index (χ4n) is 2.37. The molecule has 0 amide bonds. The van der Waals surface area contributed by atoms with Gasteiger partial charge in [-0.05, 0) is 35.7 Å². The Labute approximate surface area is 146 Å². The summed E-state index contributed by atoms with van der Waals surface area (Å²) in [5.41, 5.74) is 8.15. The van der Waals surface area contributed by atoms with Crippen LogP contribution in [0.5, 0.6) is 0 Å². The second-order valence-electron chi connectivity index (χ2n) is 6.01. The van der Waals surface area contributed by atoms with Crippen LogP contribution in [-0.4, -0.2) is 27.7 Å². The molecule has 0 saturated carbocycles. The lowest BCUT2D eigenvalue weighted by Crippen LogP contribution is -2.23. The number of nitrogens with zero attached hydrogens (tertiary/aromatic N) is 3. The van der Waals surface area contributed by atoms with Crippen molar-refractivity contribution < 1.29 is 4.42 Å². The summed E-state index contributed by atoms with van der Waals surface area (Å²) in [6.07, 6.45) is 2.21. The Kier molecular flexibility index (Phi) is 5.13. The van der Waals surface area contributed by atoms with Crippen LogP contribution in [0, 0.1) is 0 Å². The van der Waals surface area contributed by atoms with Gasteiger partial charge in [-0.3, -0.25) is 10.1 Å². The van der Waals surface area contributed by atoms with Gasteiger partial charge in [0.15, 0.2) is 11.7 Å². The normalized spacial score (nSPS) is 11.9. The van der Waals surface area contributed by atoms with Crippen molar-refractivity contribution in [1.29, 1.82) is 0 Å². The minimum atomic E-state index is 0.381. The highest BCUT2D eigenvalue weighted by molar-refractivity contribution is 5.92. The van der Waals surface area contributed by atoms with Gasteiger partial charge in [-0.15, -0.1) is 0 Å². The van der Waals surface area contributed by atoms with Crippen molar-refractivity contribution >= 4 is 11.6 Å². The number of H-pyrrole nitrogens is 1. The highest BCUT2D eigenvalue weighted by Gasteiger charge is 2.07. The smallest absolute Gasteiger partial charge is 0.216 e. The van der Waals surface area contributed by atoms with Crippen molar-refractivity contribution in [3.63, 3.8) is 0 Å². The third kappa shape index (κ3) is 4.47. The molecule has 3 aromatic rings. The Morgan fingerprint density at radius 2 is 2.20 bits per heavy atom. The first-order chi connectivity index (χ1) is 12.1. The van der Waals surface area contributed by atoms with E-state index in [0.717, 1.165) is 11.5 Å². The van der Waals surface area contributed by atoms with Crippen LogP contribution in [-0.2, 0) is 6.42 Å². The van der Waals surface area contributed by atoms with Gasteiger partial charge in [-0.25, -0.2) is 4.98 Å². The summed E-state index contributed by atoms with van der Waals surface area (Å²) in [5, 5.41) is 10.1. The molecule has 0 atom stereocenters. The van der Waals surface area contributed by atoms with Gasteiger partial charge in [0.25, 0.3) is 0 Å². The quantitative estimate of drug-likeness (QED) is 0.473. The van der Waals surface area contributed by atoms with Crippen LogP contribution < -0.4 is 11.1 Å². The molecule has 0 fully saturated rings. The van der Waals surface area contributed by atoms with E-state index in [0.29, 0.717) is 36.4 Å². The third-order valence-corrected chi connectivity index (χ3v) is 3.73. The Morgan fingerprint density at radius 1 is 1.32 bits per heavy atom. The van der Waals surface area contributed by atoms with E-state index in [4.69, 9.17) is 10.2 Å². The fraction of sp³-hybridized carbons (Fsp3) is 0.278. The van der Waals surface area contributed by atoms with Crippen molar-refractivity contribution in [2.45, 2.75) is 26.2 Å². The molecular formula is C18H22N6O. The molecular weight excluding hydrogens is 316 g/mol. The van der Waals surface area contributed by atoms with E-state index in [1.807, 2.05) is 18.2 Å². The van der Waals surface area contributed by atoms with E-state index in [2.05, 4.69) is 51.5 Å². The highest BCUT2D eigenvalue weighted by Crippen LogP contribution is 2.18. The molecule has 3 rings (SSSR count). The summed E-state index contributed by atoms with van der Waals surface area (Å²) in [5.74, 6) is 2.77. The molecule has 130 valence electrons. The molecule has 7 heteroatoms. The molecule has 2 aromatic heterocycles. The number of nitrogens with one attached hydrogen (secondary N) is 2. The van der Waals surface area contributed by atoms with Crippen molar-refractivity contribution in [2.75, 3.05) is 11.9 Å². The van der Waals surface area contributed by atoms with E-state index in [1.54, 1.807) is 12.3 Å². The predicted octanol–water partition coefficient (Wildman–Crippen LogP) is 3.16. The lowest BCUT2D eigenvalue weighted by molar-refractivity contribution is 0.577. The number of hydrogen-bond acceptors (Lipinski definition) is 4. The topological polar surface area (TPSA) is 105 Å². The number of anilines is 1. The van der Waals surface area contributed by atoms with E-state index >= 15 is 0 Å². The van der Waals surface area contributed by atoms with Crippen molar-refractivity contribution in [3.8, 4) is 11.6 Å². The van der Waals surface area contributed by atoms with Gasteiger partial charge in [0.1, 0.15) is 5.82 Å². The van der Waals surface area contributed by atoms with E-state index in [9.17, 15) is 0 Å². The number of benzene rings is 1. The number of aromatic nitrogens is 3.